The molecule has 0 saturated heterocycles. The minimum atomic E-state index is -0.126. The largest absolute Gasteiger partial charge is 0.207 e. The Morgan fingerprint density at radius 2 is 1.56 bits per heavy atom. The molecule has 0 fully saturated rings. The van der Waals surface area contributed by atoms with Gasteiger partial charge in [-0.3, -0.25) is 0 Å². The van der Waals surface area contributed by atoms with Crippen LogP contribution >= 0.6 is 11.8 Å². The number of hydrogen-bond acceptors (Lipinski definition) is 1. The molecule has 0 bridgehead atoms. The Bertz CT molecular complexity index is 480. The fraction of sp³-hybridized carbons (Fsp3) is 0.143. The van der Waals surface area contributed by atoms with Crippen LogP contribution in [0.15, 0.2) is 53.4 Å². The summed E-state index contributed by atoms with van der Waals surface area (Å²) < 4.78 is 13.5. The fourth-order valence-corrected chi connectivity index (χ4v) is 2.31. The van der Waals surface area contributed by atoms with Gasteiger partial charge in [-0.2, -0.15) is 0 Å². The molecule has 82 valence electrons. The van der Waals surface area contributed by atoms with Gasteiger partial charge >= 0.3 is 0 Å². The van der Waals surface area contributed by atoms with Gasteiger partial charge in [-0.1, -0.05) is 36.4 Å². The first-order chi connectivity index (χ1) is 7.81. The maximum Gasteiger partial charge on any atom is 0.126 e. The highest BCUT2D eigenvalue weighted by molar-refractivity contribution is 7.98. The fourth-order valence-electron chi connectivity index (χ4n) is 1.70. The summed E-state index contributed by atoms with van der Waals surface area (Å²) in [5, 5.41) is 0. The molecule has 0 radical (unpaired) electrons. The average Bonchev–Trinajstić information content (AvgIpc) is 2.33. The molecule has 0 aliphatic rings. The second-order valence-electron chi connectivity index (χ2n) is 3.58. The molecule has 0 unspecified atom stereocenters. The van der Waals surface area contributed by atoms with E-state index in [9.17, 15) is 4.39 Å². The lowest BCUT2D eigenvalue weighted by atomic mass is 10.0. The molecule has 2 rings (SSSR count). The van der Waals surface area contributed by atoms with Crippen LogP contribution in [-0.4, -0.2) is 6.26 Å². The van der Waals surface area contributed by atoms with Crippen molar-refractivity contribution in [3.05, 3.63) is 65.5 Å². The van der Waals surface area contributed by atoms with Gasteiger partial charge in [0.25, 0.3) is 0 Å². The van der Waals surface area contributed by atoms with Crippen LogP contribution < -0.4 is 0 Å². The number of rotatable bonds is 3. The van der Waals surface area contributed by atoms with Gasteiger partial charge in [0, 0.05) is 11.3 Å². The van der Waals surface area contributed by atoms with Crippen LogP contribution in [0.1, 0.15) is 11.1 Å². The van der Waals surface area contributed by atoms with E-state index in [1.165, 1.54) is 16.5 Å². The molecule has 2 aromatic rings. The second-order valence-corrected chi connectivity index (χ2v) is 4.43. The predicted octanol–water partition coefficient (Wildman–Crippen LogP) is 4.14. The van der Waals surface area contributed by atoms with Crippen LogP contribution in [0.2, 0.25) is 0 Å². The lowest BCUT2D eigenvalue weighted by molar-refractivity contribution is 0.613. The van der Waals surface area contributed by atoms with Gasteiger partial charge in [0.1, 0.15) is 5.82 Å². The molecule has 0 aliphatic heterocycles. The van der Waals surface area contributed by atoms with Crippen molar-refractivity contribution in [1.82, 2.24) is 0 Å². The van der Waals surface area contributed by atoms with E-state index >= 15 is 0 Å². The van der Waals surface area contributed by atoms with Crippen molar-refractivity contribution >= 4 is 11.8 Å². The van der Waals surface area contributed by atoms with Crippen molar-refractivity contribution in [2.75, 3.05) is 6.26 Å². The Balaban J connectivity index is 2.30. The minimum Gasteiger partial charge on any atom is -0.207 e. The van der Waals surface area contributed by atoms with Crippen molar-refractivity contribution in [1.29, 1.82) is 0 Å². The van der Waals surface area contributed by atoms with Gasteiger partial charge in [0.2, 0.25) is 0 Å². The summed E-state index contributed by atoms with van der Waals surface area (Å²) >= 11 is 1.70. The van der Waals surface area contributed by atoms with E-state index in [2.05, 4.69) is 12.1 Å². The summed E-state index contributed by atoms with van der Waals surface area (Å²) in [6, 6.07) is 15.1. The molecule has 0 N–H and O–H groups in total. The van der Waals surface area contributed by atoms with Gasteiger partial charge < -0.3 is 0 Å². The first-order valence-electron chi connectivity index (χ1n) is 5.16. The van der Waals surface area contributed by atoms with Crippen LogP contribution in [0.3, 0.4) is 0 Å². The molecule has 0 amide bonds. The van der Waals surface area contributed by atoms with Crippen molar-refractivity contribution in [2.24, 2.45) is 0 Å². The van der Waals surface area contributed by atoms with Gasteiger partial charge in [-0.25, -0.2) is 4.39 Å². The molecule has 0 spiro atoms. The molecule has 0 saturated carbocycles. The zero-order valence-corrected chi connectivity index (χ0v) is 9.93. The standard InChI is InChI=1S/C14H13FS/c1-16-14-9-5-3-7-12(14)10-11-6-2-4-8-13(11)15/h2-9H,10H2,1H3. The number of hydrogen-bond donors (Lipinski definition) is 0. The highest BCUT2D eigenvalue weighted by Gasteiger charge is 2.05. The van der Waals surface area contributed by atoms with Crippen LogP contribution in [0.4, 0.5) is 4.39 Å². The Morgan fingerprint density at radius 3 is 2.25 bits per heavy atom. The van der Waals surface area contributed by atoms with Gasteiger partial charge in [-0.05, 0) is 29.5 Å². The van der Waals surface area contributed by atoms with Crippen LogP contribution in [0.25, 0.3) is 0 Å². The third kappa shape index (κ3) is 2.45. The van der Waals surface area contributed by atoms with Gasteiger partial charge in [0.15, 0.2) is 0 Å². The van der Waals surface area contributed by atoms with E-state index in [1.807, 2.05) is 30.5 Å². The predicted molar refractivity (Wildman–Crippen MR) is 67.4 cm³/mol. The minimum absolute atomic E-state index is 0.126. The van der Waals surface area contributed by atoms with Crippen molar-refractivity contribution in [3.8, 4) is 0 Å². The molecule has 2 heteroatoms. The Labute approximate surface area is 99.5 Å². The number of thioether (sulfide) groups is 1. The SMILES string of the molecule is CSc1ccccc1Cc1ccccc1F. The summed E-state index contributed by atoms with van der Waals surface area (Å²) in [5.41, 5.74) is 1.93. The molecule has 0 heterocycles. The zero-order chi connectivity index (χ0) is 11.4. The Hall–Kier alpha value is -1.28. The van der Waals surface area contributed by atoms with E-state index in [4.69, 9.17) is 0 Å². The summed E-state index contributed by atoms with van der Waals surface area (Å²) in [5.74, 6) is -0.126. The Morgan fingerprint density at radius 1 is 0.938 bits per heavy atom. The maximum atomic E-state index is 13.5. The van der Waals surface area contributed by atoms with Crippen LogP contribution in [0, 0.1) is 5.82 Å². The normalized spacial score (nSPS) is 10.4. The summed E-state index contributed by atoms with van der Waals surface area (Å²) in [7, 11) is 0. The Kier molecular flexibility index (Phi) is 3.62. The highest BCUT2D eigenvalue weighted by Crippen LogP contribution is 2.23. The molecule has 0 aromatic heterocycles. The van der Waals surface area contributed by atoms with Crippen molar-refractivity contribution in [2.45, 2.75) is 11.3 Å². The topological polar surface area (TPSA) is 0 Å². The lowest BCUT2D eigenvalue weighted by Gasteiger charge is -2.07. The lowest BCUT2D eigenvalue weighted by Crippen LogP contribution is -1.93. The first-order valence-corrected chi connectivity index (χ1v) is 6.39. The van der Waals surface area contributed by atoms with E-state index < -0.39 is 0 Å². The van der Waals surface area contributed by atoms with E-state index in [-0.39, 0.29) is 5.82 Å². The summed E-state index contributed by atoms with van der Waals surface area (Å²) in [4.78, 5) is 1.21. The maximum absolute atomic E-state index is 13.5. The van der Waals surface area contributed by atoms with E-state index in [1.54, 1.807) is 17.8 Å². The average molecular weight is 232 g/mol. The molecule has 16 heavy (non-hydrogen) atoms. The summed E-state index contributed by atoms with van der Waals surface area (Å²) in [6.45, 7) is 0. The van der Waals surface area contributed by atoms with Crippen molar-refractivity contribution < 1.29 is 4.39 Å². The third-order valence-corrected chi connectivity index (χ3v) is 3.37. The number of benzene rings is 2. The molecular formula is C14H13FS. The number of halogens is 1. The molecule has 0 atom stereocenters. The quantitative estimate of drug-likeness (QED) is 0.717. The molecule has 0 aliphatic carbocycles. The smallest absolute Gasteiger partial charge is 0.126 e. The first kappa shape index (κ1) is 11.2. The molecule has 2 aromatic carbocycles. The molecular weight excluding hydrogens is 219 g/mol. The third-order valence-electron chi connectivity index (χ3n) is 2.53. The van der Waals surface area contributed by atoms with Crippen LogP contribution in [0.5, 0.6) is 0 Å². The zero-order valence-electron chi connectivity index (χ0n) is 9.11. The highest BCUT2D eigenvalue weighted by atomic mass is 32.2. The summed E-state index contributed by atoms with van der Waals surface area (Å²) in [6.07, 6.45) is 2.70. The van der Waals surface area contributed by atoms with Gasteiger partial charge in [0.05, 0.1) is 0 Å². The van der Waals surface area contributed by atoms with Crippen molar-refractivity contribution in [3.63, 3.8) is 0 Å². The monoisotopic (exact) mass is 232 g/mol. The molecule has 0 nitrogen and oxygen atoms in total. The van der Waals surface area contributed by atoms with Gasteiger partial charge in [-0.15, -0.1) is 11.8 Å². The second kappa shape index (κ2) is 5.17. The van der Waals surface area contributed by atoms with E-state index in [0.29, 0.717) is 6.42 Å². The van der Waals surface area contributed by atoms with Crippen LogP contribution in [-0.2, 0) is 6.42 Å². The van der Waals surface area contributed by atoms with E-state index in [0.717, 1.165) is 5.56 Å².